The first-order valence-corrected chi connectivity index (χ1v) is 8.00. The van der Waals surface area contributed by atoms with Crippen LogP contribution in [0.2, 0.25) is 0 Å². The van der Waals surface area contributed by atoms with Crippen LogP contribution >= 0.6 is 11.3 Å². The Hall–Kier alpha value is -1.63. The van der Waals surface area contributed by atoms with Gasteiger partial charge in [0.1, 0.15) is 5.01 Å². The van der Waals surface area contributed by atoms with E-state index in [0.717, 1.165) is 11.4 Å². The van der Waals surface area contributed by atoms with Crippen LogP contribution in [0, 0.1) is 11.8 Å². The van der Waals surface area contributed by atoms with Crippen molar-refractivity contribution < 1.29 is 14.7 Å². The van der Waals surface area contributed by atoms with Crippen LogP contribution < -0.4 is 5.32 Å². The predicted molar refractivity (Wildman–Crippen MR) is 80.2 cm³/mol. The number of aryl methyl sites for hydroxylation is 1. The molecule has 116 valence electrons. The van der Waals surface area contributed by atoms with E-state index in [9.17, 15) is 9.59 Å². The van der Waals surface area contributed by atoms with E-state index in [1.54, 1.807) is 16.2 Å². The van der Waals surface area contributed by atoms with Gasteiger partial charge in [-0.25, -0.2) is 9.78 Å². The number of piperidine rings is 1. The van der Waals surface area contributed by atoms with Crippen molar-refractivity contribution in [3.8, 4) is 0 Å². The minimum absolute atomic E-state index is 0.206. The number of thiazole rings is 1. The number of carboxylic acids is 1. The van der Waals surface area contributed by atoms with Crippen LogP contribution in [0.3, 0.4) is 0 Å². The molecule has 1 aliphatic rings. The van der Waals surface area contributed by atoms with Gasteiger partial charge < -0.3 is 15.3 Å². The first-order valence-electron chi connectivity index (χ1n) is 7.18. The lowest BCUT2D eigenvalue weighted by atomic mass is 9.91. The largest absolute Gasteiger partial charge is 0.481 e. The Morgan fingerprint density at radius 3 is 2.90 bits per heavy atom. The van der Waals surface area contributed by atoms with Gasteiger partial charge in [0, 0.05) is 24.2 Å². The normalized spacial score (nSPS) is 22.1. The summed E-state index contributed by atoms with van der Waals surface area (Å²) in [6.45, 7) is 5.32. The molecule has 2 heterocycles. The Kier molecular flexibility index (Phi) is 5.17. The number of hydrogen-bond acceptors (Lipinski definition) is 4. The Labute approximate surface area is 128 Å². The molecule has 1 fully saturated rings. The number of urea groups is 1. The van der Waals surface area contributed by atoms with Gasteiger partial charge in [0.25, 0.3) is 0 Å². The van der Waals surface area contributed by atoms with Gasteiger partial charge in [0.2, 0.25) is 0 Å². The smallest absolute Gasteiger partial charge is 0.317 e. The van der Waals surface area contributed by atoms with Crippen LogP contribution in [-0.2, 0) is 17.8 Å². The average Bonchev–Trinajstić information content (AvgIpc) is 2.92. The van der Waals surface area contributed by atoms with E-state index in [-0.39, 0.29) is 18.5 Å². The number of likely N-dealkylation sites (tertiary alicyclic amines) is 1. The van der Waals surface area contributed by atoms with Gasteiger partial charge >= 0.3 is 12.0 Å². The second kappa shape index (κ2) is 6.89. The van der Waals surface area contributed by atoms with Crippen LogP contribution in [-0.4, -0.2) is 40.1 Å². The van der Waals surface area contributed by atoms with Gasteiger partial charge in [-0.2, -0.15) is 0 Å². The summed E-state index contributed by atoms with van der Waals surface area (Å²) in [4.78, 5) is 30.3. The molecule has 2 rings (SSSR count). The number of aromatic nitrogens is 1. The second-order valence-corrected chi connectivity index (χ2v) is 6.71. The van der Waals surface area contributed by atoms with Gasteiger partial charge in [-0.3, -0.25) is 4.79 Å². The Bertz CT molecular complexity index is 517. The van der Waals surface area contributed by atoms with E-state index in [4.69, 9.17) is 5.11 Å². The molecule has 0 radical (unpaired) electrons. The molecule has 21 heavy (non-hydrogen) atoms. The molecule has 2 atom stereocenters. The molecule has 7 heteroatoms. The van der Waals surface area contributed by atoms with Crippen LogP contribution in [0.25, 0.3) is 0 Å². The summed E-state index contributed by atoms with van der Waals surface area (Å²) in [5.74, 6) is -1.09. The summed E-state index contributed by atoms with van der Waals surface area (Å²) >= 11 is 1.59. The molecule has 2 unspecified atom stereocenters. The number of nitrogens with one attached hydrogen (secondary N) is 1. The maximum Gasteiger partial charge on any atom is 0.317 e. The zero-order chi connectivity index (χ0) is 15.4. The highest BCUT2D eigenvalue weighted by molar-refractivity contribution is 7.11. The van der Waals surface area contributed by atoms with E-state index in [0.29, 0.717) is 19.5 Å². The molecule has 0 saturated carbocycles. The predicted octanol–water partition coefficient (Wildman–Crippen LogP) is 1.96. The van der Waals surface area contributed by atoms with Crippen molar-refractivity contribution in [3.63, 3.8) is 0 Å². The van der Waals surface area contributed by atoms with E-state index in [1.807, 2.05) is 13.1 Å². The summed E-state index contributed by atoms with van der Waals surface area (Å²) in [5.41, 5.74) is 0. The lowest BCUT2D eigenvalue weighted by Crippen LogP contribution is -2.49. The monoisotopic (exact) mass is 311 g/mol. The third kappa shape index (κ3) is 4.17. The van der Waals surface area contributed by atoms with Crippen LogP contribution in [0.1, 0.15) is 30.2 Å². The fourth-order valence-electron chi connectivity index (χ4n) is 2.55. The number of aliphatic carboxylic acids is 1. The Morgan fingerprint density at radius 2 is 2.29 bits per heavy atom. The fraction of sp³-hybridized carbons (Fsp3) is 0.643. The molecule has 1 aromatic rings. The molecule has 1 aliphatic heterocycles. The number of rotatable bonds is 4. The lowest BCUT2D eigenvalue weighted by Gasteiger charge is -2.34. The van der Waals surface area contributed by atoms with Crippen LogP contribution in [0.15, 0.2) is 6.20 Å². The molecule has 0 aliphatic carbocycles. The summed E-state index contributed by atoms with van der Waals surface area (Å²) in [6.07, 6.45) is 3.40. The molecule has 6 nitrogen and oxygen atoms in total. The Balaban J connectivity index is 1.88. The molecule has 1 saturated heterocycles. The summed E-state index contributed by atoms with van der Waals surface area (Å²) in [5, 5.41) is 12.8. The van der Waals surface area contributed by atoms with Gasteiger partial charge in [-0.15, -0.1) is 11.3 Å². The number of hydrogen-bond donors (Lipinski definition) is 2. The summed E-state index contributed by atoms with van der Waals surface area (Å²) in [7, 11) is 0. The third-order valence-corrected chi connectivity index (χ3v) is 4.78. The molecule has 1 aromatic heterocycles. The van der Waals surface area contributed by atoms with E-state index in [1.165, 1.54) is 4.88 Å². The first kappa shape index (κ1) is 15.8. The minimum atomic E-state index is -0.827. The van der Waals surface area contributed by atoms with Crippen molar-refractivity contribution in [2.75, 3.05) is 13.1 Å². The molecule has 0 bridgehead atoms. The van der Waals surface area contributed by atoms with Crippen molar-refractivity contribution in [2.45, 2.75) is 33.2 Å². The third-order valence-electron chi connectivity index (χ3n) is 3.64. The topological polar surface area (TPSA) is 82.5 Å². The van der Waals surface area contributed by atoms with Crippen LogP contribution in [0.5, 0.6) is 0 Å². The fourth-order valence-corrected chi connectivity index (χ4v) is 3.35. The number of nitrogens with zero attached hydrogens (tertiary/aromatic N) is 2. The van der Waals surface area contributed by atoms with Crippen LogP contribution in [0.4, 0.5) is 4.79 Å². The summed E-state index contributed by atoms with van der Waals surface area (Å²) < 4.78 is 0. The molecular formula is C14H21N3O3S. The second-order valence-electron chi connectivity index (χ2n) is 5.51. The van der Waals surface area contributed by atoms with Crippen molar-refractivity contribution in [2.24, 2.45) is 11.8 Å². The number of amides is 2. The number of carboxylic acid groups (broad SMARTS) is 1. The molecule has 0 aromatic carbocycles. The van der Waals surface area contributed by atoms with E-state index < -0.39 is 11.9 Å². The standard InChI is InChI=1S/C14H21N3O3S/c1-3-11-5-15-12(21-11)6-16-14(20)17-7-9(2)4-10(8-17)13(18)19/h5,9-10H,3-4,6-8H2,1-2H3,(H,16,20)(H,18,19). The molecule has 2 amide bonds. The maximum absolute atomic E-state index is 12.2. The van der Waals surface area contributed by atoms with E-state index in [2.05, 4.69) is 17.2 Å². The summed E-state index contributed by atoms with van der Waals surface area (Å²) in [6, 6.07) is -0.207. The van der Waals surface area contributed by atoms with Crippen molar-refractivity contribution in [3.05, 3.63) is 16.1 Å². The first-order chi connectivity index (χ1) is 9.99. The van der Waals surface area contributed by atoms with Crippen molar-refractivity contribution >= 4 is 23.3 Å². The lowest BCUT2D eigenvalue weighted by molar-refractivity contribution is -0.143. The highest BCUT2D eigenvalue weighted by atomic mass is 32.1. The van der Waals surface area contributed by atoms with Gasteiger partial charge in [0.05, 0.1) is 12.5 Å². The van der Waals surface area contributed by atoms with Gasteiger partial charge in [0.15, 0.2) is 0 Å². The highest BCUT2D eigenvalue weighted by Gasteiger charge is 2.31. The van der Waals surface area contributed by atoms with Crippen molar-refractivity contribution in [1.29, 1.82) is 0 Å². The Morgan fingerprint density at radius 1 is 1.52 bits per heavy atom. The number of carbonyl (C=O) groups is 2. The molecule has 0 spiro atoms. The number of carbonyl (C=O) groups excluding carboxylic acids is 1. The van der Waals surface area contributed by atoms with Gasteiger partial charge in [-0.05, 0) is 18.8 Å². The average molecular weight is 311 g/mol. The van der Waals surface area contributed by atoms with Crippen molar-refractivity contribution in [1.82, 2.24) is 15.2 Å². The highest BCUT2D eigenvalue weighted by Crippen LogP contribution is 2.22. The molecule has 2 N–H and O–H groups in total. The van der Waals surface area contributed by atoms with E-state index >= 15 is 0 Å². The SMILES string of the molecule is CCc1cnc(CNC(=O)N2CC(C)CC(C(=O)O)C2)s1. The zero-order valence-corrected chi connectivity index (χ0v) is 13.2. The molecular weight excluding hydrogens is 290 g/mol. The zero-order valence-electron chi connectivity index (χ0n) is 12.3. The van der Waals surface area contributed by atoms with Gasteiger partial charge in [-0.1, -0.05) is 13.8 Å². The minimum Gasteiger partial charge on any atom is -0.481 e. The quantitative estimate of drug-likeness (QED) is 0.890. The maximum atomic E-state index is 12.2.